The SMILES string of the molecule is Cc1ccncc1S(=O)(=O)N1C[C@@H](N(C)C)[C@@H](n2ccnn2)C1. The highest BCUT2D eigenvalue weighted by Crippen LogP contribution is 2.30. The Kier molecular flexibility index (Phi) is 4.17. The normalized spacial score (nSPS) is 22.8. The van der Waals surface area contributed by atoms with E-state index in [1.165, 1.54) is 10.5 Å². The maximum Gasteiger partial charge on any atom is 0.244 e. The zero-order valence-electron chi connectivity index (χ0n) is 13.4. The standard InChI is InChI=1S/C14H20N6O2S/c1-11-4-5-15-8-14(11)23(21,22)19-9-12(18(2)3)13(10-19)20-7-6-16-17-20/h4-8,12-13H,9-10H2,1-3H3/t12-,13+/m1/s1. The van der Waals surface area contributed by atoms with Crippen LogP contribution in [0.2, 0.25) is 0 Å². The Bertz CT molecular complexity index is 774. The molecule has 3 heterocycles. The molecule has 2 aromatic heterocycles. The van der Waals surface area contributed by atoms with E-state index in [-0.39, 0.29) is 17.0 Å². The van der Waals surface area contributed by atoms with Gasteiger partial charge < -0.3 is 4.90 Å². The molecule has 2 atom stereocenters. The predicted molar refractivity (Wildman–Crippen MR) is 84.3 cm³/mol. The molecule has 3 rings (SSSR count). The predicted octanol–water partition coefficient (Wildman–Crippen LogP) is 0.157. The van der Waals surface area contributed by atoms with Crippen LogP contribution in [-0.2, 0) is 10.0 Å². The molecule has 0 amide bonds. The maximum absolute atomic E-state index is 13.0. The van der Waals surface area contributed by atoms with E-state index in [1.807, 2.05) is 19.0 Å². The Morgan fingerprint density at radius 3 is 2.65 bits per heavy atom. The van der Waals surface area contributed by atoms with Gasteiger partial charge in [0.05, 0.1) is 12.2 Å². The number of rotatable bonds is 4. The van der Waals surface area contributed by atoms with Crippen molar-refractivity contribution in [3.63, 3.8) is 0 Å². The van der Waals surface area contributed by atoms with Crippen LogP contribution in [0.3, 0.4) is 0 Å². The molecule has 124 valence electrons. The largest absolute Gasteiger partial charge is 0.303 e. The Morgan fingerprint density at radius 2 is 2.04 bits per heavy atom. The number of hydrogen-bond donors (Lipinski definition) is 0. The molecule has 0 bridgehead atoms. The molecule has 0 N–H and O–H groups in total. The first-order chi connectivity index (χ1) is 10.9. The van der Waals surface area contributed by atoms with Crippen LogP contribution in [0.15, 0.2) is 35.7 Å². The fourth-order valence-electron chi connectivity index (χ4n) is 2.95. The molecule has 0 saturated carbocycles. The Balaban J connectivity index is 1.94. The lowest BCUT2D eigenvalue weighted by Gasteiger charge is -2.24. The van der Waals surface area contributed by atoms with E-state index in [9.17, 15) is 8.42 Å². The van der Waals surface area contributed by atoms with Crippen molar-refractivity contribution in [3.8, 4) is 0 Å². The van der Waals surface area contributed by atoms with Gasteiger partial charge in [0.25, 0.3) is 0 Å². The van der Waals surface area contributed by atoms with Gasteiger partial charge in [-0.2, -0.15) is 4.31 Å². The number of aromatic nitrogens is 4. The second-order valence-corrected chi connectivity index (χ2v) is 7.85. The number of nitrogens with zero attached hydrogens (tertiary/aromatic N) is 6. The second-order valence-electron chi connectivity index (χ2n) is 5.94. The molecule has 0 aromatic carbocycles. The topological polar surface area (TPSA) is 84.2 Å². The fraction of sp³-hybridized carbons (Fsp3) is 0.500. The third-order valence-electron chi connectivity index (χ3n) is 4.28. The maximum atomic E-state index is 13.0. The Hall–Kier alpha value is -1.84. The van der Waals surface area contributed by atoms with Crippen molar-refractivity contribution in [3.05, 3.63) is 36.4 Å². The highest BCUT2D eigenvalue weighted by Gasteiger charge is 2.42. The molecule has 23 heavy (non-hydrogen) atoms. The van der Waals surface area contributed by atoms with Crippen molar-refractivity contribution >= 4 is 10.0 Å². The van der Waals surface area contributed by atoms with Gasteiger partial charge in [0.15, 0.2) is 0 Å². The number of hydrogen-bond acceptors (Lipinski definition) is 6. The lowest BCUT2D eigenvalue weighted by Crippen LogP contribution is -2.37. The van der Waals surface area contributed by atoms with Crippen LogP contribution < -0.4 is 0 Å². The van der Waals surface area contributed by atoms with Gasteiger partial charge in [0.1, 0.15) is 4.90 Å². The minimum atomic E-state index is -3.58. The van der Waals surface area contributed by atoms with Crippen molar-refractivity contribution in [2.45, 2.75) is 23.9 Å². The lowest BCUT2D eigenvalue weighted by molar-refractivity contribution is 0.242. The van der Waals surface area contributed by atoms with Gasteiger partial charge in [-0.3, -0.25) is 4.98 Å². The molecule has 8 nitrogen and oxygen atoms in total. The van der Waals surface area contributed by atoms with Crippen LogP contribution in [0, 0.1) is 6.92 Å². The quantitative estimate of drug-likeness (QED) is 0.791. The first kappa shape index (κ1) is 16.0. The summed E-state index contributed by atoms with van der Waals surface area (Å²) < 4.78 is 29.2. The van der Waals surface area contributed by atoms with E-state index in [2.05, 4.69) is 15.3 Å². The second kappa shape index (κ2) is 5.99. The molecule has 9 heteroatoms. The molecule has 0 radical (unpaired) electrons. The van der Waals surface area contributed by atoms with Crippen molar-refractivity contribution in [2.24, 2.45) is 0 Å². The summed E-state index contributed by atoms with van der Waals surface area (Å²) in [4.78, 5) is 6.25. The zero-order chi connectivity index (χ0) is 16.6. The van der Waals surface area contributed by atoms with Gasteiger partial charge >= 0.3 is 0 Å². The van der Waals surface area contributed by atoms with E-state index in [1.54, 1.807) is 36.3 Å². The van der Waals surface area contributed by atoms with Gasteiger partial charge in [-0.1, -0.05) is 5.21 Å². The molecule has 0 spiro atoms. The average molecular weight is 336 g/mol. The minimum Gasteiger partial charge on any atom is -0.303 e. The molecular weight excluding hydrogens is 316 g/mol. The monoisotopic (exact) mass is 336 g/mol. The summed E-state index contributed by atoms with van der Waals surface area (Å²) >= 11 is 0. The fourth-order valence-corrected chi connectivity index (χ4v) is 4.60. The van der Waals surface area contributed by atoms with E-state index in [0.29, 0.717) is 18.7 Å². The summed E-state index contributed by atoms with van der Waals surface area (Å²) in [5, 5.41) is 7.88. The zero-order valence-corrected chi connectivity index (χ0v) is 14.2. The van der Waals surface area contributed by atoms with Crippen LogP contribution in [0.4, 0.5) is 0 Å². The van der Waals surface area contributed by atoms with Crippen LogP contribution in [-0.4, -0.2) is 70.8 Å². The summed E-state index contributed by atoms with van der Waals surface area (Å²) in [5.74, 6) is 0. The molecule has 1 aliphatic rings. The molecule has 0 unspecified atom stereocenters. The first-order valence-corrected chi connectivity index (χ1v) is 8.78. The van der Waals surface area contributed by atoms with Gasteiger partial charge in [0.2, 0.25) is 10.0 Å². The average Bonchev–Trinajstić information content (AvgIpc) is 3.16. The van der Waals surface area contributed by atoms with E-state index in [0.717, 1.165) is 0 Å². The number of aryl methyl sites for hydroxylation is 1. The van der Waals surface area contributed by atoms with Crippen LogP contribution >= 0.6 is 0 Å². The Labute approximate surface area is 135 Å². The van der Waals surface area contributed by atoms with Crippen molar-refractivity contribution < 1.29 is 8.42 Å². The highest BCUT2D eigenvalue weighted by atomic mass is 32.2. The summed E-state index contributed by atoms with van der Waals surface area (Å²) in [7, 11) is 0.312. The van der Waals surface area contributed by atoms with Gasteiger partial charge in [0, 0.05) is 37.7 Å². The summed E-state index contributed by atoms with van der Waals surface area (Å²) in [5.41, 5.74) is 0.700. The number of pyridine rings is 1. The van der Waals surface area contributed by atoms with Gasteiger partial charge in [-0.15, -0.1) is 5.10 Å². The molecule has 1 fully saturated rings. The molecular formula is C14H20N6O2S. The molecule has 0 aliphatic carbocycles. The van der Waals surface area contributed by atoms with E-state index >= 15 is 0 Å². The molecule has 2 aromatic rings. The highest BCUT2D eigenvalue weighted by molar-refractivity contribution is 7.89. The van der Waals surface area contributed by atoms with Crippen LogP contribution in [0.5, 0.6) is 0 Å². The van der Waals surface area contributed by atoms with Gasteiger partial charge in [-0.05, 0) is 32.6 Å². The van der Waals surface area contributed by atoms with Crippen LogP contribution in [0.1, 0.15) is 11.6 Å². The van der Waals surface area contributed by atoms with E-state index in [4.69, 9.17) is 0 Å². The summed E-state index contributed by atoms with van der Waals surface area (Å²) in [6, 6.07) is 1.67. The number of likely N-dealkylation sites (N-methyl/N-ethyl adjacent to an activating group) is 1. The van der Waals surface area contributed by atoms with E-state index < -0.39 is 10.0 Å². The molecule has 1 saturated heterocycles. The third kappa shape index (κ3) is 2.87. The van der Waals surface area contributed by atoms with Gasteiger partial charge in [-0.25, -0.2) is 13.1 Å². The van der Waals surface area contributed by atoms with Crippen molar-refractivity contribution in [1.29, 1.82) is 0 Å². The summed E-state index contributed by atoms with van der Waals surface area (Å²) in [6.45, 7) is 2.56. The summed E-state index contributed by atoms with van der Waals surface area (Å²) in [6.07, 6.45) is 6.39. The smallest absolute Gasteiger partial charge is 0.244 e. The number of sulfonamides is 1. The lowest BCUT2D eigenvalue weighted by atomic mass is 10.1. The third-order valence-corrected chi connectivity index (χ3v) is 6.24. The minimum absolute atomic E-state index is 0.0310. The Morgan fingerprint density at radius 1 is 1.26 bits per heavy atom. The molecule has 1 aliphatic heterocycles. The first-order valence-electron chi connectivity index (χ1n) is 7.34. The van der Waals surface area contributed by atoms with Crippen molar-refractivity contribution in [2.75, 3.05) is 27.2 Å². The van der Waals surface area contributed by atoms with Crippen molar-refractivity contribution in [1.82, 2.24) is 29.2 Å². The van der Waals surface area contributed by atoms with Crippen LogP contribution in [0.25, 0.3) is 0 Å².